The molecule has 5 nitrogen and oxygen atoms in total. The minimum Gasteiger partial charge on any atom is -0.508 e. The van der Waals surface area contributed by atoms with Crippen molar-refractivity contribution in [2.75, 3.05) is 5.32 Å². The lowest BCUT2D eigenvalue weighted by Gasteiger charge is -2.34. The number of phenols is 1. The number of aromatic nitrogens is 1. The number of rotatable bonds is 2. The van der Waals surface area contributed by atoms with Crippen molar-refractivity contribution in [2.24, 2.45) is 0 Å². The fourth-order valence-corrected chi connectivity index (χ4v) is 4.47. The lowest BCUT2D eigenvalue weighted by atomic mass is 9.72. The average Bonchev–Trinajstić information content (AvgIpc) is 3.07. The molecule has 2 N–H and O–H groups in total. The number of benzene rings is 2. The Morgan fingerprint density at radius 1 is 1.07 bits per heavy atom. The minimum absolute atomic E-state index is 0.127. The largest absolute Gasteiger partial charge is 0.508 e. The van der Waals surface area contributed by atoms with Gasteiger partial charge in [-0.25, -0.2) is 0 Å². The number of hydrogen-bond donors (Lipinski definition) is 2. The second-order valence-corrected chi connectivity index (χ2v) is 7.50. The van der Waals surface area contributed by atoms with Crippen molar-refractivity contribution in [3.63, 3.8) is 0 Å². The Morgan fingerprint density at radius 2 is 1.86 bits per heavy atom. The summed E-state index contributed by atoms with van der Waals surface area (Å²) in [5.74, 6) is 0.747. The molecule has 0 fully saturated rings. The molecule has 0 radical (unpaired) electrons. The number of phenolic OH excluding ortho intramolecular Hbond substituents is 1. The highest BCUT2D eigenvalue weighted by Crippen LogP contribution is 2.49. The third-order valence-corrected chi connectivity index (χ3v) is 5.73. The van der Waals surface area contributed by atoms with E-state index in [4.69, 9.17) is 4.52 Å². The van der Waals surface area contributed by atoms with Crippen molar-refractivity contribution in [3.8, 4) is 5.75 Å². The van der Waals surface area contributed by atoms with Gasteiger partial charge in [-0.2, -0.15) is 0 Å². The van der Waals surface area contributed by atoms with Crippen LogP contribution in [0.2, 0.25) is 0 Å². The van der Waals surface area contributed by atoms with E-state index in [1.807, 2.05) is 31.2 Å². The molecule has 3 aromatic rings. The maximum atomic E-state index is 13.3. The molecular weight excluding hydrogens is 352 g/mol. The van der Waals surface area contributed by atoms with Gasteiger partial charge < -0.3 is 14.9 Å². The number of aromatic hydroxyl groups is 1. The van der Waals surface area contributed by atoms with E-state index < -0.39 is 0 Å². The van der Waals surface area contributed by atoms with Gasteiger partial charge in [-0.3, -0.25) is 4.79 Å². The van der Waals surface area contributed by atoms with E-state index in [0.717, 1.165) is 40.1 Å². The molecule has 5 rings (SSSR count). The Bertz CT molecular complexity index is 1100. The van der Waals surface area contributed by atoms with Crippen molar-refractivity contribution in [2.45, 2.75) is 31.6 Å². The van der Waals surface area contributed by atoms with Gasteiger partial charge in [-0.15, -0.1) is 0 Å². The van der Waals surface area contributed by atoms with Crippen LogP contribution in [0.1, 0.15) is 47.1 Å². The Labute approximate surface area is 162 Å². The van der Waals surface area contributed by atoms with E-state index in [1.54, 1.807) is 18.2 Å². The lowest BCUT2D eigenvalue weighted by molar-refractivity contribution is -0.116. The van der Waals surface area contributed by atoms with Crippen LogP contribution >= 0.6 is 0 Å². The SMILES string of the molecule is Cc1noc2c1[C@@H](c1cccc(O)c1)C1=C(C[C@H](c3ccccc3)CC1=O)N2. The quantitative estimate of drug-likeness (QED) is 0.685. The molecule has 1 aliphatic heterocycles. The second-order valence-electron chi connectivity index (χ2n) is 7.50. The number of allylic oxidation sites excluding steroid dienone is 2. The first-order valence-electron chi connectivity index (χ1n) is 9.45. The molecule has 1 aliphatic carbocycles. The summed E-state index contributed by atoms with van der Waals surface area (Å²) in [4.78, 5) is 13.3. The van der Waals surface area contributed by atoms with E-state index in [0.29, 0.717) is 12.3 Å². The monoisotopic (exact) mass is 372 g/mol. The number of aryl methyl sites for hydroxylation is 1. The van der Waals surface area contributed by atoms with Gasteiger partial charge in [0.05, 0.1) is 11.3 Å². The van der Waals surface area contributed by atoms with Crippen molar-refractivity contribution in [1.29, 1.82) is 0 Å². The van der Waals surface area contributed by atoms with Crippen LogP contribution in [-0.2, 0) is 4.79 Å². The van der Waals surface area contributed by atoms with Gasteiger partial charge >= 0.3 is 0 Å². The van der Waals surface area contributed by atoms with Gasteiger partial charge in [0.25, 0.3) is 0 Å². The summed E-state index contributed by atoms with van der Waals surface area (Å²) < 4.78 is 5.52. The van der Waals surface area contributed by atoms with Crippen molar-refractivity contribution in [1.82, 2.24) is 5.16 Å². The Morgan fingerprint density at radius 3 is 2.64 bits per heavy atom. The molecule has 140 valence electrons. The summed E-state index contributed by atoms with van der Waals surface area (Å²) in [7, 11) is 0. The van der Waals surface area contributed by atoms with Crippen LogP contribution in [-0.4, -0.2) is 16.0 Å². The van der Waals surface area contributed by atoms with Crippen molar-refractivity contribution in [3.05, 3.63) is 88.3 Å². The number of hydrogen-bond acceptors (Lipinski definition) is 5. The van der Waals surface area contributed by atoms with Gasteiger partial charge in [0, 0.05) is 23.6 Å². The predicted molar refractivity (Wildman–Crippen MR) is 105 cm³/mol. The van der Waals surface area contributed by atoms with Crippen LogP contribution in [0.15, 0.2) is 70.4 Å². The van der Waals surface area contributed by atoms with Crippen LogP contribution in [0.3, 0.4) is 0 Å². The zero-order valence-corrected chi connectivity index (χ0v) is 15.5. The fraction of sp³-hybridized carbons (Fsp3) is 0.217. The Hall–Kier alpha value is -3.34. The Balaban J connectivity index is 1.64. The summed E-state index contributed by atoms with van der Waals surface area (Å²) in [5, 5.41) is 17.5. The molecule has 2 atom stereocenters. The van der Waals surface area contributed by atoms with Crippen LogP contribution in [0.4, 0.5) is 5.88 Å². The number of fused-ring (bicyclic) bond motifs is 1. The van der Waals surface area contributed by atoms with Gasteiger partial charge in [0.1, 0.15) is 5.75 Å². The van der Waals surface area contributed by atoms with Gasteiger partial charge in [0.15, 0.2) is 5.78 Å². The lowest BCUT2D eigenvalue weighted by Crippen LogP contribution is -2.29. The zero-order valence-electron chi connectivity index (χ0n) is 15.5. The van der Waals surface area contributed by atoms with E-state index in [2.05, 4.69) is 22.6 Å². The molecule has 0 saturated carbocycles. The number of ketones is 1. The van der Waals surface area contributed by atoms with Crippen molar-refractivity contribution >= 4 is 11.7 Å². The first kappa shape index (κ1) is 16.8. The molecular formula is C23H20N2O3. The standard InChI is InChI=1S/C23H20N2O3/c1-13-20-21(15-8-5-9-17(26)10-15)22-18(24-23(20)28-25-13)11-16(12-19(22)27)14-6-3-2-4-7-14/h2-10,16,21,24,26H,11-12H2,1H3/t16-,21+/m0/s1. The smallest absolute Gasteiger partial charge is 0.233 e. The summed E-state index contributed by atoms with van der Waals surface area (Å²) in [6, 6.07) is 17.2. The normalized spacial score (nSPS) is 21.1. The molecule has 2 heterocycles. The van der Waals surface area contributed by atoms with Crippen LogP contribution in [0, 0.1) is 6.92 Å². The van der Waals surface area contributed by atoms with Crippen LogP contribution in [0.5, 0.6) is 5.75 Å². The zero-order chi connectivity index (χ0) is 19.3. The van der Waals surface area contributed by atoms with E-state index >= 15 is 0 Å². The van der Waals surface area contributed by atoms with Crippen molar-refractivity contribution < 1.29 is 14.4 Å². The Kier molecular flexibility index (Phi) is 3.83. The molecule has 0 unspecified atom stereocenters. The maximum Gasteiger partial charge on any atom is 0.233 e. The number of carbonyl (C=O) groups excluding carboxylic acids is 1. The summed E-state index contributed by atoms with van der Waals surface area (Å²) >= 11 is 0. The summed E-state index contributed by atoms with van der Waals surface area (Å²) in [5.41, 5.74) is 5.31. The highest BCUT2D eigenvalue weighted by atomic mass is 16.5. The fourth-order valence-electron chi connectivity index (χ4n) is 4.47. The molecule has 28 heavy (non-hydrogen) atoms. The third kappa shape index (κ3) is 2.62. The topological polar surface area (TPSA) is 75.4 Å². The molecule has 5 heteroatoms. The van der Waals surface area contributed by atoms with Gasteiger partial charge in [0.2, 0.25) is 5.88 Å². The highest BCUT2D eigenvalue weighted by molar-refractivity contribution is 6.01. The molecule has 1 aromatic heterocycles. The minimum atomic E-state index is -0.283. The first-order valence-corrected chi connectivity index (χ1v) is 9.45. The van der Waals surface area contributed by atoms with E-state index in [1.165, 1.54) is 0 Å². The molecule has 2 aliphatic rings. The average molecular weight is 372 g/mol. The maximum absolute atomic E-state index is 13.3. The number of anilines is 1. The van der Waals surface area contributed by atoms with E-state index in [-0.39, 0.29) is 23.4 Å². The molecule has 0 bridgehead atoms. The highest BCUT2D eigenvalue weighted by Gasteiger charge is 2.41. The van der Waals surface area contributed by atoms with Gasteiger partial charge in [-0.05, 0) is 42.5 Å². The summed E-state index contributed by atoms with van der Waals surface area (Å²) in [6.07, 6.45) is 1.21. The molecule has 2 aromatic carbocycles. The van der Waals surface area contributed by atoms with Crippen LogP contribution < -0.4 is 5.32 Å². The predicted octanol–water partition coefficient (Wildman–Crippen LogP) is 4.65. The number of nitrogens with zero attached hydrogens (tertiary/aromatic N) is 1. The van der Waals surface area contributed by atoms with Gasteiger partial charge in [-0.1, -0.05) is 47.6 Å². The number of nitrogens with one attached hydrogen (secondary N) is 1. The summed E-state index contributed by atoms with van der Waals surface area (Å²) in [6.45, 7) is 1.88. The second kappa shape index (κ2) is 6.37. The number of Topliss-reactive ketones (excluding diaryl/α,β-unsaturated/α-hetero) is 1. The van der Waals surface area contributed by atoms with Crippen LogP contribution in [0.25, 0.3) is 0 Å². The first-order chi connectivity index (χ1) is 13.6. The van der Waals surface area contributed by atoms with E-state index in [9.17, 15) is 9.90 Å². The molecule has 0 amide bonds. The number of carbonyl (C=O) groups is 1. The molecule has 0 saturated heterocycles. The third-order valence-electron chi connectivity index (χ3n) is 5.73. The molecule has 0 spiro atoms.